The Bertz CT molecular complexity index is 488. The third-order valence-electron chi connectivity index (χ3n) is 4.81. The topological polar surface area (TPSA) is 53.6 Å². The van der Waals surface area contributed by atoms with E-state index < -0.39 is 0 Å². The predicted molar refractivity (Wildman–Crippen MR) is 92.7 cm³/mol. The molecular formula is C17H27N3O2S. The third kappa shape index (κ3) is 4.53. The highest BCUT2D eigenvalue weighted by atomic mass is 32.1. The van der Waals surface area contributed by atoms with Gasteiger partial charge in [-0.25, -0.2) is 0 Å². The molecule has 3 unspecified atom stereocenters. The first-order valence-corrected chi connectivity index (χ1v) is 9.48. The normalized spacial score (nSPS) is 27.5. The fraction of sp³-hybridized carbons (Fsp3) is 0.706. The van der Waals surface area contributed by atoms with E-state index in [1.54, 1.807) is 11.3 Å². The molecule has 5 nitrogen and oxygen atoms in total. The molecule has 0 saturated carbocycles. The highest BCUT2D eigenvalue weighted by molar-refractivity contribution is 7.10. The van der Waals surface area contributed by atoms with Crippen molar-refractivity contribution >= 4 is 17.2 Å². The van der Waals surface area contributed by atoms with Gasteiger partial charge < -0.3 is 15.4 Å². The van der Waals surface area contributed by atoms with Crippen molar-refractivity contribution in [3.63, 3.8) is 0 Å². The first-order valence-electron chi connectivity index (χ1n) is 8.60. The number of ether oxygens (including phenoxy) is 1. The zero-order valence-electron chi connectivity index (χ0n) is 13.8. The van der Waals surface area contributed by atoms with Crippen molar-refractivity contribution in [3.8, 4) is 0 Å². The molecule has 3 heterocycles. The van der Waals surface area contributed by atoms with Gasteiger partial charge in [-0.3, -0.25) is 9.69 Å². The van der Waals surface area contributed by atoms with Gasteiger partial charge in [0, 0.05) is 24.5 Å². The maximum absolute atomic E-state index is 12.5. The predicted octanol–water partition coefficient (Wildman–Crippen LogP) is 1.63. The summed E-state index contributed by atoms with van der Waals surface area (Å²) in [6, 6.07) is 4.47. The molecule has 1 aromatic heterocycles. The number of morpholine rings is 1. The molecule has 0 spiro atoms. The molecule has 2 saturated heterocycles. The molecule has 3 atom stereocenters. The van der Waals surface area contributed by atoms with Crippen LogP contribution in [0.5, 0.6) is 0 Å². The quantitative estimate of drug-likeness (QED) is 0.857. The van der Waals surface area contributed by atoms with E-state index in [4.69, 9.17) is 4.74 Å². The molecule has 0 aliphatic carbocycles. The first kappa shape index (κ1) is 16.9. The number of piperidine rings is 1. The number of carbonyl (C=O) groups excluding carboxylic acids is 1. The number of nitrogens with one attached hydrogen (secondary N) is 2. The molecule has 2 aliphatic rings. The van der Waals surface area contributed by atoms with Crippen molar-refractivity contribution in [3.05, 3.63) is 22.4 Å². The minimum atomic E-state index is -0.0348. The van der Waals surface area contributed by atoms with Crippen LogP contribution in [0.15, 0.2) is 17.5 Å². The number of rotatable bonds is 5. The van der Waals surface area contributed by atoms with Gasteiger partial charge in [0.25, 0.3) is 0 Å². The van der Waals surface area contributed by atoms with Crippen LogP contribution in [0.4, 0.5) is 0 Å². The third-order valence-corrected chi connectivity index (χ3v) is 5.78. The lowest BCUT2D eigenvalue weighted by molar-refractivity contribution is -0.124. The van der Waals surface area contributed by atoms with Crippen LogP contribution in [0.1, 0.15) is 30.7 Å². The molecule has 2 N–H and O–H groups in total. The number of carbonyl (C=O) groups is 1. The molecule has 6 heteroatoms. The fourth-order valence-electron chi connectivity index (χ4n) is 3.41. The summed E-state index contributed by atoms with van der Waals surface area (Å²) in [6.45, 7) is 7.25. The molecule has 0 aromatic carbocycles. The highest BCUT2D eigenvalue weighted by Gasteiger charge is 2.27. The first-order chi connectivity index (χ1) is 11.2. The largest absolute Gasteiger partial charge is 0.379 e. The Labute approximate surface area is 142 Å². The van der Waals surface area contributed by atoms with Gasteiger partial charge in [0.2, 0.25) is 5.91 Å². The number of nitrogens with zero attached hydrogens (tertiary/aromatic N) is 1. The molecule has 1 amide bonds. The second-order valence-electron chi connectivity index (χ2n) is 6.56. The van der Waals surface area contributed by atoms with Crippen molar-refractivity contribution in [2.45, 2.75) is 31.8 Å². The van der Waals surface area contributed by atoms with Gasteiger partial charge in [0.05, 0.1) is 25.3 Å². The molecule has 2 fully saturated rings. The minimum absolute atomic E-state index is 0.0348. The second-order valence-corrected chi connectivity index (χ2v) is 7.54. The Morgan fingerprint density at radius 3 is 3.04 bits per heavy atom. The van der Waals surface area contributed by atoms with Crippen LogP contribution >= 0.6 is 11.3 Å². The summed E-state index contributed by atoms with van der Waals surface area (Å²) in [5, 5.41) is 8.63. The maximum Gasteiger partial charge on any atom is 0.237 e. The van der Waals surface area contributed by atoms with Crippen LogP contribution in [0.2, 0.25) is 0 Å². The number of amides is 1. The molecule has 3 rings (SSSR count). The molecule has 0 radical (unpaired) electrons. The van der Waals surface area contributed by atoms with Gasteiger partial charge in [-0.15, -0.1) is 11.3 Å². The van der Waals surface area contributed by atoms with Gasteiger partial charge in [-0.1, -0.05) is 13.0 Å². The van der Waals surface area contributed by atoms with Gasteiger partial charge in [-0.2, -0.15) is 0 Å². The van der Waals surface area contributed by atoms with Gasteiger partial charge in [0.15, 0.2) is 0 Å². The SMILES string of the molecule is CC1CCNC(C(=O)NCC(c2cccs2)N2CCOCC2)C1. The van der Waals surface area contributed by atoms with Crippen LogP contribution < -0.4 is 10.6 Å². The summed E-state index contributed by atoms with van der Waals surface area (Å²) >= 11 is 1.76. The molecule has 0 bridgehead atoms. The smallest absolute Gasteiger partial charge is 0.237 e. The molecule has 23 heavy (non-hydrogen) atoms. The van der Waals surface area contributed by atoms with Crippen LogP contribution in [0.25, 0.3) is 0 Å². The zero-order chi connectivity index (χ0) is 16.1. The van der Waals surface area contributed by atoms with Crippen molar-refractivity contribution < 1.29 is 9.53 Å². The second kappa shape index (κ2) is 8.24. The lowest BCUT2D eigenvalue weighted by Crippen LogP contribution is -2.50. The average Bonchev–Trinajstić information content (AvgIpc) is 3.10. The summed E-state index contributed by atoms with van der Waals surface area (Å²) in [5.41, 5.74) is 0. The van der Waals surface area contributed by atoms with Crippen molar-refractivity contribution in [2.24, 2.45) is 5.92 Å². The van der Waals surface area contributed by atoms with Gasteiger partial charge in [-0.05, 0) is 36.8 Å². The Hall–Kier alpha value is -0.950. The fourth-order valence-corrected chi connectivity index (χ4v) is 4.27. The number of hydrogen-bond acceptors (Lipinski definition) is 5. The monoisotopic (exact) mass is 337 g/mol. The lowest BCUT2D eigenvalue weighted by atomic mass is 9.94. The van der Waals surface area contributed by atoms with Crippen molar-refractivity contribution in [2.75, 3.05) is 39.4 Å². The summed E-state index contributed by atoms with van der Waals surface area (Å²) in [4.78, 5) is 16.2. The average molecular weight is 337 g/mol. The van der Waals surface area contributed by atoms with E-state index in [9.17, 15) is 4.79 Å². The van der Waals surface area contributed by atoms with E-state index in [1.165, 1.54) is 4.88 Å². The van der Waals surface area contributed by atoms with E-state index in [-0.39, 0.29) is 18.0 Å². The van der Waals surface area contributed by atoms with Crippen LogP contribution in [0.3, 0.4) is 0 Å². The zero-order valence-corrected chi connectivity index (χ0v) is 14.6. The highest BCUT2D eigenvalue weighted by Crippen LogP contribution is 2.25. The van der Waals surface area contributed by atoms with E-state index in [0.29, 0.717) is 12.5 Å². The number of hydrogen-bond donors (Lipinski definition) is 2. The molecular weight excluding hydrogens is 310 g/mol. The van der Waals surface area contributed by atoms with E-state index in [1.807, 2.05) is 0 Å². The lowest BCUT2D eigenvalue weighted by Gasteiger charge is -2.34. The van der Waals surface area contributed by atoms with E-state index in [0.717, 1.165) is 45.7 Å². The van der Waals surface area contributed by atoms with Crippen LogP contribution in [-0.2, 0) is 9.53 Å². The minimum Gasteiger partial charge on any atom is -0.379 e. The van der Waals surface area contributed by atoms with Crippen LogP contribution in [0, 0.1) is 5.92 Å². The van der Waals surface area contributed by atoms with Crippen molar-refractivity contribution in [1.82, 2.24) is 15.5 Å². The standard InChI is InChI=1S/C17H27N3O2S/c1-13-4-5-18-14(11-13)17(21)19-12-15(16-3-2-10-23-16)20-6-8-22-9-7-20/h2-3,10,13-15,18H,4-9,11-12H2,1H3,(H,19,21). The van der Waals surface area contributed by atoms with Gasteiger partial charge >= 0.3 is 0 Å². The molecule has 128 valence electrons. The summed E-state index contributed by atoms with van der Waals surface area (Å²) in [7, 11) is 0. The van der Waals surface area contributed by atoms with Gasteiger partial charge in [0.1, 0.15) is 0 Å². The van der Waals surface area contributed by atoms with Crippen molar-refractivity contribution in [1.29, 1.82) is 0 Å². The Morgan fingerprint density at radius 2 is 2.35 bits per heavy atom. The van der Waals surface area contributed by atoms with E-state index >= 15 is 0 Å². The summed E-state index contributed by atoms with van der Waals surface area (Å²) in [6.07, 6.45) is 2.10. The Kier molecular flexibility index (Phi) is 6.05. The summed E-state index contributed by atoms with van der Waals surface area (Å²) < 4.78 is 5.46. The van der Waals surface area contributed by atoms with E-state index in [2.05, 4.69) is 40.0 Å². The Morgan fingerprint density at radius 1 is 1.52 bits per heavy atom. The molecule has 2 aliphatic heterocycles. The Balaban J connectivity index is 1.58. The maximum atomic E-state index is 12.5. The number of thiophene rings is 1. The molecule has 1 aromatic rings. The van der Waals surface area contributed by atoms with Crippen LogP contribution in [-0.4, -0.2) is 56.2 Å². The summed E-state index contributed by atoms with van der Waals surface area (Å²) in [5.74, 6) is 0.769.